The van der Waals surface area contributed by atoms with Gasteiger partial charge in [0.05, 0.1) is 24.7 Å². The molecule has 0 bridgehead atoms. The second kappa shape index (κ2) is 8.41. The van der Waals surface area contributed by atoms with E-state index in [9.17, 15) is 13.2 Å². The largest absolute Gasteiger partial charge is 0.497 e. The topological polar surface area (TPSA) is 80.1 Å². The molecule has 3 aromatic rings. The quantitative estimate of drug-likeness (QED) is 0.545. The smallest absolute Gasteiger partial charge is 0.244 e. The predicted molar refractivity (Wildman–Crippen MR) is 116 cm³/mol. The molecule has 2 aromatic carbocycles. The number of fused-ring (bicyclic) bond motifs is 1. The Balaban J connectivity index is 1.42. The molecule has 1 saturated heterocycles. The van der Waals surface area contributed by atoms with Crippen LogP contribution in [-0.4, -0.2) is 56.8 Å². The summed E-state index contributed by atoms with van der Waals surface area (Å²) in [6.45, 7) is 1.23. The minimum Gasteiger partial charge on any atom is -0.497 e. The Hall–Kier alpha value is -2.36. The van der Waals surface area contributed by atoms with Gasteiger partial charge in [-0.2, -0.15) is 4.31 Å². The van der Waals surface area contributed by atoms with Crippen molar-refractivity contribution in [2.45, 2.75) is 11.3 Å². The van der Waals surface area contributed by atoms with E-state index < -0.39 is 10.0 Å². The Morgan fingerprint density at radius 2 is 1.87 bits per heavy atom. The lowest BCUT2D eigenvalue weighted by Crippen LogP contribution is -2.50. The number of carbonyl (C=O) groups excluding carboxylic acids is 1. The van der Waals surface area contributed by atoms with Crippen molar-refractivity contribution in [2.75, 3.05) is 33.3 Å². The normalized spacial score (nSPS) is 15.5. The van der Waals surface area contributed by atoms with E-state index in [2.05, 4.69) is 15.9 Å². The van der Waals surface area contributed by atoms with Crippen molar-refractivity contribution in [1.82, 2.24) is 9.21 Å². The van der Waals surface area contributed by atoms with E-state index in [1.807, 2.05) is 12.1 Å². The number of rotatable bonds is 5. The average molecular weight is 493 g/mol. The summed E-state index contributed by atoms with van der Waals surface area (Å²) in [7, 11) is -2.02. The number of hydrogen-bond acceptors (Lipinski definition) is 5. The number of methoxy groups -OCH3 is 1. The molecule has 0 spiro atoms. The van der Waals surface area contributed by atoms with Gasteiger partial charge < -0.3 is 14.1 Å². The molecule has 1 aliphatic heterocycles. The zero-order valence-electron chi connectivity index (χ0n) is 16.4. The number of carbonyl (C=O) groups is 1. The second-order valence-electron chi connectivity index (χ2n) is 7.02. The van der Waals surface area contributed by atoms with Crippen molar-refractivity contribution in [3.63, 3.8) is 0 Å². The Morgan fingerprint density at radius 1 is 1.13 bits per heavy atom. The molecule has 1 aliphatic rings. The van der Waals surface area contributed by atoms with Gasteiger partial charge in [-0.15, -0.1) is 0 Å². The Bertz CT molecular complexity index is 1180. The lowest BCUT2D eigenvalue weighted by atomic mass is 10.1. The lowest BCUT2D eigenvalue weighted by molar-refractivity contribution is -0.131. The molecule has 30 heavy (non-hydrogen) atoms. The molecule has 158 valence electrons. The van der Waals surface area contributed by atoms with Crippen LogP contribution in [-0.2, 0) is 21.2 Å². The van der Waals surface area contributed by atoms with Gasteiger partial charge in [-0.1, -0.05) is 12.1 Å². The third kappa shape index (κ3) is 3.97. The number of hydrogen-bond donors (Lipinski definition) is 0. The summed E-state index contributed by atoms with van der Waals surface area (Å²) in [6.07, 6.45) is 1.80. The minimum atomic E-state index is -3.61. The first-order valence-electron chi connectivity index (χ1n) is 9.47. The van der Waals surface area contributed by atoms with Crippen molar-refractivity contribution in [3.8, 4) is 5.75 Å². The molecule has 0 aliphatic carbocycles. The highest BCUT2D eigenvalue weighted by atomic mass is 79.9. The minimum absolute atomic E-state index is 0.0496. The highest BCUT2D eigenvalue weighted by molar-refractivity contribution is 9.10. The van der Waals surface area contributed by atoms with E-state index in [4.69, 9.17) is 9.15 Å². The number of piperazine rings is 1. The highest BCUT2D eigenvalue weighted by Gasteiger charge is 2.31. The standard InChI is InChI=1S/C21H21BrN2O5S/c1-28-16-6-7-17-15(14-29-19(17)13-16)12-21(25)23-8-10-24(11-9-23)30(26,27)20-5-3-2-4-18(20)22/h2-7,13-14H,8-12H2,1H3. The number of sulfonamides is 1. The number of ether oxygens (including phenoxy) is 1. The summed E-state index contributed by atoms with van der Waals surface area (Å²) < 4.78 is 38.5. The summed E-state index contributed by atoms with van der Waals surface area (Å²) in [4.78, 5) is 14.7. The molecule has 2 heterocycles. The van der Waals surface area contributed by atoms with E-state index in [0.29, 0.717) is 28.9 Å². The van der Waals surface area contributed by atoms with Crippen LogP contribution in [0.25, 0.3) is 11.0 Å². The molecule has 0 unspecified atom stereocenters. The van der Waals surface area contributed by atoms with E-state index in [1.54, 1.807) is 48.6 Å². The van der Waals surface area contributed by atoms with Gasteiger partial charge in [-0.3, -0.25) is 4.79 Å². The number of furan rings is 1. The SMILES string of the molecule is COc1ccc2c(CC(=O)N3CCN(S(=O)(=O)c4ccccc4Br)CC3)coc2c1. The molecule has 4 rings (SSSR count). The van der Waals surface area contributed by atoms with Gasteiger partial charge in [0.2, 0.25) is 15.9 Å². The van der Waals surface area contributed by atoms with Crippen LogP contribution >= 0.6 is 15.9 Å². The Labute approximate surface area is 183 Å². The molecule has 7 nitrogen and oxygen atoms in total. The zero-order chi connectivity index (χ0) is 21.3. The second-order valence-corrected chi connectivity index (χ2v) is 9.78. The molecule has 1 amide bonds. The van der Waals surface area contributed by atoms with E-state index in [1.165, 1.54) is 4.31 Å². The van der Waals surface area contributed by atoms with Crippen molar-refractivity contribution in [1.29, 1.82) is 0 Å². The fourth-order valence-electron chi connectivity index (χ4n) is 3.57. The van der Waals surface area contributed by atoms with Crippen LogP contribution in [0.4, 0.5) is 0 Å². The molecule has 9 heteroatoms. The molecular weight excluding hydrogens is 472 g/mol. The van der Waals surface area contributed by atoms with Crippen molar-refractivity contribution in [3.05, 3.63) is 58.8 Å². The number of halogens is 1. The van der Waals surface area contributed by atoms with Crippen LogP contribution in [0.15, 0.2) is 62.5 Å². The number of nitrogens with zero attached hydrogens (tertiary/aromatic N) is 2. The van der Waals surface area contributed by atoms with Crippen molar-refractivity contribution >= 4 is 42.8 Å². The molecule has 1 aromatic heterocycles. The Kier molecular flexibility index (Phi) is 5.86. The first kappa shape index (κ1) is 20.9. The lowest BCUT2D eigenvalue weighted by Gasteiger charge is -2.34. The molecule has 0 saturated carbocycles. The van der Waals surface area contributed by atoms with Gasteiger partial charge in [0.15, 0.2) is 0 Å². The third-order valence-corrected chi connectivity index (χ3v) is 8.16. The summed E-state index contributed by atoms with van der Waals surface area (Å²) in [5.41, 5.74) is 1.47. The van der Waals surface area contributed by atoms with Crippen molar-refractivity contribution < 1.29 is 22.4 Å². The summed E-state index contributed by atoms with van der Waals surface area (Å²) >= 11 is 3.31. The monoisotopic (exact) mass is 492 g/mol. The number of benzene rings is 2. The molecular formula is C21H21BrN2O5S. The third-order valence-electron chi connectivity index (χ3n) is 5.25. The zero-order valence-corrected chi connectivity index (χ0v) is 18.8. The van der Waals surface area contributed by atoms with Crippen LogP contribution in [0.1, 0.15) is 5.56 Å². The van der Waals surface area contributed by atoms with Crippen LogP contribution in [0.3, 0.4) is 0 Å². The van der Waals surface area contributed by atoms with Gasteiger partial charge >= 0.3 is 0 Å². The van der Waals surface area contributed by atoms with Crippen molar-refractivity contribution in [2.24, 2.45) is 0 Å². The van der Waals surface area contributed by atoms with Gasteiger partial charge in [-0.05, 0) is 40.2 Å². The van der Waals surface area contributed by atoms with Gasteiger partial charge in [0.25, 0.3) is 0 Å². The summed E-state index contributed by atoms with van der Waals surface area (Å²) in [6, 6.07) is 12.2. The van der Waals surface area contributed by atoms with E-state index in [-0.39, 0.29) is 30.3 Å². The predicted octanol–water partition coefficient (Wildman–Crippen LogP) is 3.28. The molecule has 0 atom stereocenters. The van der Waals surface area contributed by atoms with Crippen LogP contribution < -0.4 is 4.74 Å². The van der Waals surface area contributed by atoms with Crippen LogP contribution in [0, 0.1) is 0 Å². The fourth-order valence-corrected chi connectivity index (χ4v) is 5.96. The first-order chi connectivity index (χ1) is 14.4. The van der Waals surface area contributed by atoms with E-state index >= 15 is 0 Å². The maximum atomic E-state index is 12.9. The molecule has 0 N–H and O–H groups in total. The maximum absolute atomic E-state index is 12.9. The molecule has 1 fully saturated rings. The van der Waals surface area contributed by atoms with Crippen LogP contribution in [0.2, 0.25) is 0 Å². The maximum Gasteiger partial charge on any atom is 0.244 e. The summed E-state index contributed by atoms with van der Waals surface area (Å²) in [5, 5.41) is 0.874. The first-order valence-corrected chi connectivity index (χ1v) is 11.7. The molecule has 0 radical (unpaired) electrons. The van der Waals surface area contributed by atoms with E-state index in [0.717, 1.165) is 10.9 Å². The summed E-state index contributed by atoms with van der Waals surface area (Å²) in [5.74, 6) is 0.642. The number of amides is 1. The highest BCUT2D eigenvalue weighted by Crippen LogP contribution is 2.27. The van der Waals surface area contributed by atoms with Gasteiger partial charge in [-0.25, -0.2) is 8.42 Å². The van der Waals surface area contributed by atoms with Crippen LogP contribution in [0.5, 0.6) is 5.75 Å². The Morgan fingerprint density at radius 3 is 2.57 bits per heavy atom. The van der Waals surface area contributed by atoms with Gasteiger partial charge in [0.1, 0.15) is 11.3 Å². The average Bonchev–Trinajstić information content (AvgIpc) is 3.15. The van der Waals surface area contributed by atoms with Gasteiger partial charge in [0, 0.05) is 47.7 Å². The fraction of sp³-hybridized carbons (Fsp3) is 0.286.